The lowest BCUT2D eigenvalue weighted by Gasteiger charge is -2.22. The first-order valence-corrected chi connectivity index (χ1v) is 10.5. The van der Waals surface area contributed by atoms with Gasteiger partial charge >= 0.3 is 0 Å². The van der Waals surface area contributed by atoms with Crippen molar-refractivity contribution in [2.24, 2.45) is 4.99 Å². The molecule has 0 amide bonds. The van der Waals surface area contributed by atoms with Gasteiger partial charge in [0, 0.05) is 16.3 Å². The van der Waals surface area contributed by atoms with Gasteiger partial charge in [0.1, 0.15) is 5.75 Å². The summed E-state index contributed by atoms with van der Waals surface area (Å²) in [5, 5.41) is 6.94. The molecule has 0 radical (unpaired) electrons. The molecule has 28 heavy (non-hydrogen) atoms. The van der Waals surface area contributed by atoms with Crippen molar-refractivity contribution in [3.8, 4) is 16.2 Å². The zero-order valence-corrected chi connectivity index (χ0v) is 19.5. The Balaban J connectivity index is 0.00000225. The second-order valence-corrected chi connectivity index (χ2v) is 8.22. The van der Waals surface area contributed by atoms with Crippen LogP contribution in [0.25, 0.3) is 10.4 Å². The van der Waals surface area contributed by atoms with Crippen molar-refractivity contribution >= 4 is 41.3 Å². The SMILES string of the molecule is CCNC(=NCc1ccc(-c2ccc(OC)cc2)s1)NC1CC2CCC1O2.I. The molecule has 7 heteroatoms. The average molecular weight is 513 g/mol. The Kier molecular flexibility index (Phi) is 7.59. The number of guanidine groups is 1. The van der Waals surface area contributed by atoms with E-state index in [-0.39, 0.29) is 24.0 Å². The fourth-order valence-electron chi connectivity index (χ4n) is 3.82. The first-order valence-electron chi connectivity index (χ1n) is 9.68. The van der Waals surface area contributed by atoms with Crippen LogP contribution in [0.2, 0.25) is 0 Å². The Morgan fingerprint density at radius 1 is 1.21 bits per heavy atom. The average Bonchev–Trinajstić information content (AvgIpc) is 3.43. The van der Waals surface area contributed by atoms with Crippen molar-refractivity contribution in [3.63, 3.8) is 0 Å². The molecule has 2 aliphatic heterocycles. The minimum absolute atomic E-state index is 0. The molecule has 2 bridgehead atoms. The molecule has 2 aromatic rings. The van der Waals surface area contributed by atoms with Crippen LogP contribution in [0, 0.1) is 0 Å². The largest absolute Gasteiger partial charge is 0.497 e. The zero-order chi connectivity index (χ0) is 18.6. The quantitative estimate of drug-likeness (QED) is 0.341. The number of rotatable bonds is 6. The number of halogens is 1. The molecule has 152 valence electrons. The molecule has 4 rings (SSSR count). The molecular formula is C21H28IN3O2S. The van der Waals surface area contributed by atoms with Crippen molar-refractivity contribution in [2.75, 3.05) is 13.7 Å². The van der Waals surface area contributed by atoms with E-state index in [1.165, 1.54) is 21.7 Å². The molecule has 2 saturated heterocycles. The third-order valence-electron chi connectivity index (χ3n) is 5.20. The number of fused-ring (bicyclic) bond motifs is 2. The van der Waals surface area contributed by atoms with Crippen LogP contribution in [0.5, 0.6) is 5.75 Å². The highest BCUT2D eigenvalue weighted by Crippen LogP contribution is 2.34. The van der Waals surface area contributed by atoms with Gasteiger partial charge in [-0.15, -0.1) is 35.3 Å². The van der Waals surface area contributed by atoms with Crippen molar-refractivity contribution in [2.45, 2.75) is 51.0 Å². The minimum Gasteiger partial charge on any atom is -0.497 e. The number of aliphatic imine (C=N–C) groups is 1. The molecule has 1 aromatic heterocycles. The minimum atomic E-state index is 0. The molecule has 0 aliphatic carbocycles. The van der Waals surface area contributed by atoms with E-state index in [4.69, 9.17) is 14.5 Å². The lowest BCUT2D eigenvalue weighted by atomic mass is 9.96. The summed E-state index contributed by atoms with van der Waals surface area (Å²) >= 11 is 1.79. The van der Waals surface area contributed by atoms with Crippen LogP contribution in [0.3, 0.4) is 0 Å². The van der Waals surface area contributed by atoms with E-state index in [0.29, 0.717) is 24.8 Å². The van der Waals surface area contributed by atoms with E-state index in [2.05, 4.69) is 41.8 Å². The Hall–Kier alpha value is -1.32. The van der Waals surface area contributed by atoms with Crippen LogP contribution in [0.15, 0.2) is 41.4 Å². The highest BCUT2D eigenvalue weighted by molar-refractivity contribution is 14.0. The number of methoxy groups -OCH3 is 1. The fourth-order valence-corrected chi connectivity index (χ4v) is 4.75. The summed E-state index contributed by atoms with van der Waals surface area (Å²) in [4.78, 5) is 7.30. The Labute approximate surface area is 187 Å². The van der Waals surface area contributed by atoms with Gasteiger partial charge in [0.2, 0.25) is 0 Å². The Morgan fingerprint density at radius 3 is 2.68 bits per heavy atom. The van der Waals surface area contributed by atoms with E-state index >= 15 is 0 Å². The van der Waals surface area contributed by atoms with Crippen molar-refractivity contribution < 1.29 is 9.47 Å². The maximum absolute atomic E-state index is 5.94. The third-order valence-corrected chi connectivity index (χ3v) is 6.32. The van der Waals surface area contributed by atoms with E-state index in [1.54, 1.807) is 18.4 Å². The number of benzene rings is 1. The van der Waals surface area contributed by atoms with E-state index < -0.39 is 0 Å². The van der Waals surface area contributed by atoms with Gasteiger partial charge in [-0.3, -0.25) is 0 Å². The molecular weight excluding hydrogens is 485 g/mol. The van der Waals surface area contributed by atoms with Gasteiger partial charge < -0.3 is 20.1 Å². The van der Waals surface area contributed by atoms with Crippen LogP contribution in [0.1, 0.15) is 31.1 Å². The Bertz CT molecular complexity index is 793. The van der Waals surface area contributed by atoms with Gasteiger partial charge in [0.05, 0.1) is 31.9 Å². The maximum atomic E-state index is 5.94. The van der Waals surface area contributed by atoms with E-state index in [0.717, 1.165) is 31.1 Å². The van der Waals surface area contributed by atoms with Crippen LogP contribution in [-0.4, -0.2) is 37.9 Å². The molecule has 0 saturated carbocycles. The van der Waals surface area contributed by atoms with Gasteiger partial charge in [-0.25, -0.2) is 4.99 Å². The van der Waals surface area contributed by atoms with Crippen molar-refractivity contribution in [3.05, 3.63) is 41.3 Å². The smallest absolute Gasteiger partial charge is 0.191 e. The lowest BCUT2D eigenvalue weighted by molar-refractivity contribution is 0.0992. The number of nitrogens with zero attached hydrogens (tertiary/aromatic N) is 1. The maximum Gasteiger partial charge on any atom is 0.191 e. The first-order chi connectivity index (χ1) is 13.2. The van der Waals surface area contributed by atoms with E-state index in [9.17, 15) is 0 Å². The first kappa shape index (κ1) is 21.4. The van der Waals surface area contributed by atoms with Gasteiger partial charge in [-0.05, 0) is 68.1 Å². The standard InChI is InChI=1S/C21H27N3O2S.HI/c1-3-22-21(24-18-12-16-8-10-19(18)26-16)23-13-17-9-11-20(27-17)14-4-6-15(25-2)7-5-14;/h4-7,9,11,16,18-19H,3,8,10,12-13H2,1-2H3,(H2,22,23,24);1H. The predicted molar refractivity (Wildman–Crippen MR) is 126 cm³/mol. The van der Waals surface area contributed by atoms with Gasteiger partial charge in [0.15, 0.2) is 5.96 Å². The highest BCUT2D eigenvalue weighted by atomic mass is 127. The van der Waals surface area contributed by atoms with Gasteiger partial charge in [-0.1, -0.05) is 0 Å². The topological polar surface area (TPSA) is 54.9 Å². The van der Waals surface area contributed by atoms with Crippen molar-refractivity contribution in [1.29, 1.82) is 0 Å². The highest BCUT2D eigenvalue weighted by Gasteiger charge is 2.41. The molecule has 5 nitrogen and oxygen atoms in total. The molecule has 2 fully saturated rings. The summed E-state index contributed by atoms with van der Waals surface area (Å²) in [6, 6.07) is 12.9. The number of nitrogens with one attached hydrogen (secondary N) is 2. The molecule has 2 aliphatic rings. The molecule has 0 spiro atoms. The fraction of sp³-hybridized carbons (Fsp3) is 0.476. The lowest BCUT2D eigenvalue weighted by Crippen LogP contribution is -2.47. The second kappa shape index (κ2) is 9.93. The van der Waals surface area contributed by atoms with Crippen LogP contribution < -0.4 is 15.4 Å². The molecule has 1 aromatic carbocycles. The summed E-state index contributed by atoms with van der Waals surface area (Å²) in [7, 11) is 1.69. The van der Waals surface area contributed by atoms with Crippen LogP contribution >= 0.6 is 35.3 Å². The molecule has 3 heterocycles. The summed E-state index contributed by atoms with van der Waals surface area (Å²) in [6.07, 6.45) is 4.26. The molecule has 2 N–H and O–H groups in total. The monoisotopic (exact) mass is 513 g/mol. The Morgan fingerprint density at radius 2 is 2.04 bits per heavy atom. The summed E-state index contributed by atoms with van der Waals surface area (Å²) < 4.78 is 11.2. The zero-order valence-electron chi connectivity index (χ0n) is 16.3. The second-order valence-electron chi connectivity index (χ2n) is 7.05. The van der Waals surface area contributed by atoms with Crippen LogP contribution in [0.4, 0.5) is 0 Å². The predicted octanol–water partition coefficient (Wildman–Crippen LogP) is 4.42. The third kappa shape index (κ3) is 4.99. The summed E-state index contributed by atoms with van der Waals surface area (Å²) in [6.45, 7) is 3.63. The normalized spacial score (nSPS) is 23.4. The number of hydrogen-bond acceptors (Lipinski definition) is 4. The summed E-state index contributed by atoms with van der Waals surface area (Å²) in [5.41, 5.74) is 1.21. The van der Waals surface area contributed by atoms with E-state index in [1.807, 2.05) is 12.1 Å². The van der Waals surface area contributed by atoms with Crippen molar-refractivity contribution in [1.82, 2.24) is 10.6 Å². The summed E-state index contributed by atoms with van der Waals surface area (Å²) in [5.74, 6) is 1.77. The van der Waals surface area contributed by atoms with Gasteiger partial charge in [-0.2, -0.15) is 0 Å². The molecule has 3 atom stereocenters. The van der Waals surface area contributed by atoms with Crippen LogP contribution in [-0.2, 0) is 11.3 Å². The number of hydrogen-bond donors (Lipinski definition) is 2. The molecule has 3 unspecified atom stereocenters. The number of ether oxygens (including phenoxy) is 2. The van der Waals surface area contributed by atoms with Gasteiger partial charge in [0.25, 0.3) is 0 Å². The number of thiophene rings is 1.